The molecule has 5 nitrogen and oxygen atoms in total. The summed E-state index contributed by atoms with van der Waals surface area (Å²) in [4.78, 5) is 0. The smallest absolute Gasteiger partial charge is 0.161 e. The van der Waals surface area contributed by atoms with E-state index >= 15 is 0 Å². The lowest BCUT2D eigenvalue weighted by Crippen LogP contribution is -2.09. The quantitative estimate of drug-likeness (QED) is 0.563. The molecule has 0 atom stereocenters. The van der Waals surface area contributed by atoms with Gasteiger partial charge < -0.3 is 19.6 Å². The second-order valence-electron chi connectivity index (χ2n) is 5.63. The number of methoxy groups -OCH3 is 2. The first-order valence-electron chi connectivity index (χ1n) is 7.96. The summed E-state index contributed by atoms with van der Waals surface area (Å²) in [5, 5.41) is 4.89. The van der Waals surface area contributed by atoms with E-state index in [-0.39, 0.29) is 6.10 Å². The normalized spacial score (nSPS) is 11.0. The maximum Gasteiger partial charge on any atom is 0.161 e. The summed E-state index contributed by atoms with van der Waals surface area (Å²) < 4.78 is 16.3. The highest BCUT2D eigenvalue weighted by Crippen LogP contribution is 2.27. The number of rotatable bonds is 8. The summed E-state index contributed by atoms with van der Waals surface area (Å²) in [5.41, 5.74) is 4.86. The standard InChI is InChI=1S/C19H23ClN2O3/c1-13(2)25-17-8-6-16(20)10-15(17)12-22-21-11-14-5-7-18(23-3)19(9-14)24-4/h5-10,12-13,21H,11H2,1-4H3/b22-12+. The Morgan fingerprint density at radius 1 is 1.04 bits per heavy atom. The van der Waals surface area contributed by atoms with Gasteiger partial charge in [-0.25, -0.2) is 0 Å². The van der Waals surface area contributed by atoms with Gasteiger partial charge in [-0.1, -0.05) is 17.7 Å². The van der Waals surface area contributed by atoms with Gasteiger partial charge in [0.1, 0.15) is 5.75 Å². The van der Waals surface area contributed by atoms with E-state index in [9.17, 15) is 0 Å². The summed E-state index contributed by atoms with van der Waals surface area (Å²) in [6.07, 6.45) is 1.78. The topological polar surface area (TPSA) is 52.1 Å². The Morgan fingerprint density at radius 3 is 2.44 bits per heavy atom. The van der Waals surface area contributed by atoms with Crippen LogP contribution in [-0.4, -0.2) is 26.5 Å². The average Bonchev–Trinajstić information content (AvgIpc) is 2.60. The van der Waals surface area contributed by atoms with Crippen molar-refractivity contribution in [2.45, 2.75) is 26.5 Å². The highest BCUT2D eigenvalue weighted by molar-refractivity contribution is 6.30. The van der Waals surface area contributed by atoms with Crippen molar-refractivity contribution in [3.63, 3.8) is 0 Å². The summed E-state index contributed by atoms with van der Waals surface area (Å²) >= 11 is 6.06. The highest BCUT2D eigenvalue weighted by atomic mass is 35.5. The van der Waals surface area contributed by atoms with Crippen LogP contribution in [0.1, 0.15) is 25.0 Å². The monoisotopic (exact) mass is 362 g/mol. The van der Waals surface area contributed by atoms with Gasteiger partial charge in [-0.05, 0) is 49.7 Å². The Hall–Kier alpha value is -2.40. The number of nitrogens with one attached hydrogen (secondary N) is 1. The molecule has 2 aromatic carbocycles. The lowest BCUT2D eigenvalue weighted by atomic mass is 10.2. The molecule has 6 heteroatoms. The first-order chi connectivity index (χ1) is 12.0. The first-order valence-corrected chi connectivity index (χ1v) is 8.34. The number of nitrogens with zero attached hydrogens (tertiary/aromatic N) is 1. The molecular formula is C19H23ClN2O3. The number of hydrazone groups is 1. The predicted octanol–water partition coefficient (Wildman–Crippen LogP) is 4.27. The Kier molecular flexibility index (Phi) is 6.95. The van der Waals surface area contributed by atoms with Gasteiger partial charge in [0, 0.05) is 10.6 Å². The van der Waals surface area contributed by atoms with Gasteiger partial charge in [-0.2, -0.15) is 5.10 Å². The van der Waals surface area contributed by atoms with Gasteiger partial charge in [0.15, 0.2) is 11.5 Å². The largest absolute Gasteiger partial charge is 0.493 e. The Bertz CT molecular complexity index is 733. The van der Waals surface area contributed by atoms with E-state index < -0.39 is 0 Å². The molecule has 0 spiro atoms. The van der Waals surface area contributed by atoms with Crippen molar-refractivity contribution in [2.75, 3.05) is 14.2 Å². The first kappa shape index (κ1) is 18.9. The maximum atomic E-state index is 6.06. The van der Waals surface area contributed by atoms with Crippen molar-refractivity contribution >= 4 is 17.8 Å². The number of hydrogen-bond donors (Lipinski definition) is 1. The van der Waals surface area contributed by atoms with Crippen LogP contribution in [0, 0.1) is 0 Å². The van der Waals surface area contributed by atoms with Crippen molar-refractivity contribution in [3.8, 4) is 17.2 Å². The minimum absolute atomic E-state index is 0.0769. The van der Waals surface area contributed by atoms with E-state index in [4.69, 9.17) is 25.8 Å². The minimum Gasteiger partial charge on any atom is -0.493 e. The Balaban J connectivity index is 2.03. The van der Waals surface area contributed by atoms with E-state index in [1.807, 2.05) is 44.2 Å². The summed E-state index contributed by atoms with van der Waals surface area (Å²) in [5.74, 6) is 2.13. The van der Waals surface area contributed by atoms with Gasteiger partial charge in [-0.3, -0.25) is 0 Å². The van der Waals surface area contributed by atoms with Crippen LogP contribution in [0.25, 0.3) is 0 Å². The fraction of sp³-hybridized carbons (Fsp3) is 0.316. The molecule has 0 saturated carbocycles. The van der Waals surface area contributed by atoms with Gasteiger partial charge in [0.05, 0.1) is 33.1 Å². The van der Waals surface area contributed by atoms with Gasteiger partial charge >= 0.3 is 0 Å². The average molecular weight is 363 g/mol. The lowest BCUT2D eigenvalue weighted by molar-refractivity contribution is 0.242. The van der Waals surface area contributed by atoms with Crippen LogP contribution in [0.5, 0.6) is 17.2 Å². The zero-order chi connectivity index (χ0) is 18.2. The molecule has 0 aliphatic rings. The van der Waals surface area contributed by atoms with E-state index in [0.29, 0.717) is 23.1 Å². The van der Waals surface area contributed by atoms with Crippen LogP contribution in [0.15, 0.2) is 41.5 Å². The second kappa shape index (κ2) is 9.18. The van der Waals surface area contributed by atoms with E-state index in [2.05, 4.69) is 10.5 Å². The van der Waals surface area contributed by atoms with Crippen molar-refractivity contribution in [3.05, 3.63) is 52.5 Å². The van der Waals surface area contributed by atoms with Crippen LogP contribution >= 0.6 is 11.6 Å². The number of hydrogen-bond acceptors (Lipinski definition) is 5. The van der Waals surface area contributed by atoms with Crippen LogP contribution < -0.4 is 19.6 Å². The summed E-state index contributed by atoms with van der Waals surface area (Å²) in [7, 11) is 3.23. The molecule has 0 radical (unpaired) electrons. The molecule has 0 saturated heterocycles. The van der Waals surface area contributed by atoms with Crippen LogP contribution in [0.2, 0.25) is 5.02 Å². The predicted molar refractivity (Wildman–Crippen MR) is 101 cm³/mol. The van der Waals surface area contributed by atoms with Crippen molar-refractivity contribution < 1.29 is 14.2 Å². The minimum atomic E-state index is 0.0769. The van der Waals surface area contributed by atoms with Gasteiger partial charge in [-0.15, -0.1) is 0 Å². The molecule has 2 rings (SSSR count). The van der Waals surface area contributed by atoms with Crippen molar-refractivity contribution in [1.82, 2.24) is 5.43 Å². The fourth-order valence-corrected chi connectivity index (χ4v) is 2.40. The molecule has 1 N–H and O–H groups in total. The van der Waals surface area contributed by atoms with Crippen LogP contribution in [-0.2, 0) is 6.54 Å². The molecule has 0 unspecified atom stereocenters. The number of ether oxygens (including phenoxy) is 3. The molecule has 0 bridgehead atoms. The molecule has 0 amide bonds. The zero-order valence-electron chi connectivity index (χ0n) is 14.9. The highest BCUT2D eigenvalue weighted by Gasteiger charge is 2.06. The third-order valence-corrected chi connectivity index (χ3v) is 3.60. The van der Waals surface area contributed by atoms with Gasteiger partial charge in [0.2, 0.25) is 0 Å². The fourth-order valence-electron chi connectivity index (χ4n) is 2.22. The number of halogens is 1. The third-order valence-electron chi connectivity index (χ3n) is 3.36. The number of benzene rings is 2. The van der Waals surface area contributed by atoms with E-state index in [1.165, 1.54) is 0 Å². The maximum absolute atomic E-state index is 6.06. The molecule has 0 aromatic heterocycles. The molecule has 2 aromatic rings. The lowest BCUT2D eigenvalue weighted by Gasteiger charge is -2.12. The molecule has 25 heavy (non-hydrogen) atoms. The molecule has 0 aliphatic carbocycles. The van der Waals surface area contributed by atoms with Crippen molar-refractivity contribution in [2.24, 2.45) is 5.10 Å². The Labute approximate surface area is 153 Å². The van der Waals surface area contributed by atoms with Crippen LogP contribution in [0.4, 0.5) is 0 Å². The van der Waals surface area contributed by atoms with E-state index in [1.54, 1.807) is 26.5 Å². The second-order valence-corrected chi connectivity index (χ2v) is 6.07. The van der Waals surface area contributed by atoms with Crippen molar-refractivity contribution in [1.29, 1.82) is 0 Å². The van der Waals surface area contributed by atoms with Gasteiger partial charge in [0.25, 0.3) is 0 Å². The third kappa shape index (κ3) is 5.57. The SMILES string of the molecule is COc1ccc(CN/N=C/c2cc(Cl)ccc2OC(C)C)cc1OC. The van der Waals surface area contributed by atoms with E-state index in [0.717, 1.165) is 16.9 Å². The van der Waals surface area contributed by atoms with Crippen LogP contribution in [0.3, 0.4) is 0 Å². The molecule has 134 valence electrons. The molecule has 0 heterocycles. The molecular weight excluding hydrogens is 340 g/mol. The molecule has 0 fully saturated rings. The summed E-state index contributed by atoms with van der Waals surface area (Å²) in [6, 6.07) is 11.2. The summed E-state index contributed by atoms with van der Waals surface area (Å²) in [6.45, 7) is 4.51. The zero-order valence-corrected chi connectivity index (χ0v) is 15.6. The Morgan fingerprint density at radius 2 is 1.76 bits per heavy atom. The molecule has 0 aliphatic heterocycles.